The van der Waals surface area contributed by atoms with Crippen molar-refractivity contribution in [3.63, 3.8) is 0 Å². The standard InChI is InChI=1S/C15H12F3N3O2/c1-8-12-9(4-3-5-11(12)23-2)7-21(8)10-6-19-20-14(22)13(10)15(16,17)18/h3-7H,1-2H3,(H,20,22). The summed E-state index contributed by atoms with van der Waals surface area (Å²) >= 11 is 0. The molecule has 0 radical (unpaired) electrons. The van der Waals surface area contributed by atoms with E-state index in [1.54, 1.807) is 25.1 Å². The van der Waals surface area contributed by atoms with Crippen LogP contribution in [0.3, 0.4) is 0 Å². The lowest BCUT2D eigenvalue weighted by Gasteiger charge is -2.13. The molecule has 0 aliphatic heterocycles. The second-order valence-electron chi connectivity index (χ2n) is 4.97. The van der Waals surface area contributed by atoms with Crippen LogP contribution < -0.4 is 10.3 Å². The highest BCUT2D eigenvalue weighted by atomic mass is 19.4. The summed E-state index contributed by atoms with van der Waals surface area (Å²) in [6.07, 6.45) is -2.28. The van der Waals surface area contributed by atoms with Gasteiger partial charge in [-0.3, -0.25) is 4.79 Å². The van der Waals surface area contributed by atoms with Gasteiger partial charge in [-0.1, -0.05) is 12.1 Å². The van der Waals surface area contributed by atoms with Crippen molar-refractivity contribution in [1.82, 2.24) is 14.8 Å². The maximum Gasteiger partial charge on any atom is 0.423 e. The van der Waals surface area contributed by atoms with Crippen LogP contribution in [0.5, 0.6) is 5.75 Å². The molecule has 0 spiro atoms. The Morgan fingerprint density at radius 3 is 2.70 bits per heavy atom. The zero-order chi connectivity index (χ0) is 16.8. The molecular formula is C15H12F3N3O2. The Kier molecular flexibility index (Phi) is 3.39. The van der Waals surface area contributed by atoms with Crippen LogP contribution in [0.15, 0.2) is 35.4 Å². The van der Waals surface area contributed by atoms with Crippen LogP contribution in [0.4, 0.5) is 13.2 Å². The molecule has 0 fully saturated rings. The quantitative estimate of drug-likeness (QED) is 0.788. The molecule has 0 saturated heterocycles. The molecule has 0 bridgehead atoms. The van der Waals surface area contributed by atoms with Gasteiger partial charge < -0.3 is 9.30 Å². The van der Waals surface area contributed by atoms with Crippen LogP contribution in [0.2, 0.25) is 0 Å². The van der Waals surface area contributed by atoms with Gasteiger partial charge >= 0.3 is 6.18 Å². The minimum absolute atomic E-state index is 0.322. The Hall–Kier alpha value is -2.77. The SMILES string of the molecule is COc1cccc2cn(-c3cn[nH]c(=O)c3C(F)(F)F)c(C)c12. The van der Waals surface area contributed by atoms with Gasteiger partial charge in [0.2, 0.25) is 0 Å². The highest BCUT2D eigenvalue weighted by Gasteiger charge is 2.38. The van der Waals surface area contributed by atoms with E-state index in [0.717, 1.165) is 6.20 Å². The average Bonchev–Trinajstić information content (AvgIpc) is 2.83. The Morgan fingerprint density at radius 1 is 1.30 bits per heavy atom. The lowest BCUT2D eigenvalue weighted by Crippen LogP contribution is -2.25. The fraction of sp³-hybridized carbons (Fsp3) is 0.200. The van der Waals surface area contributed by atoms with E-state index < -0.39 is 17.3 Å². The first-order valence-electron chi connectivity index (χ1n) is 6.64. The summed E-state index contributed by atoms with van der Waals surface area (Å²) in [5, 5.41) is 6.72. The third kappa shape index (κ3) is 2.36. The molecule has 0 atom stereocenters. The summed E-state index contributed by atoms with van der Waals surface area (Å²) < 4.78 is 46.3. The first kappa shape index (κ1) is 15.1. The maximum atomic E-state index is 13.2. The number of aromatic nitrogens is 3. The Morgan fingerprint density at radius 2 is 2.04 bits per heavy atom. The lowest BCUT2D eigenvalue weighted by molar-refractivity contribution is -0.138. The van der Waals surface area contributed by atoms with Crippen molar-refractivity contribution in [2.24, 2.45) is 0 Å². The number of H-pyrrole nitrogens is 1. The van der Waals surface area contributed by atoms with Gasteiger partial charge in [0.25, 0.3) is 5.56 Å². The molecule has 2 heterocycles. The molecule has 120 valence electrons. The van der Waals surface area contributed by atoms with Crippen LogP contribution in [-0.2, 0) is 6.18 Å². The number of aromatic amines is 1. The monoisotopic (exact) mass is 323 g/mol. The number of aryl methyl sites for hydroxylation is 1. The second kappa shape index (κ2) is 5.15. The molecule has 3 rings (SSSR count). The van der Waals surface area contributed by atoms with E-state index in [0.29, 0.717) is 22.2 Å². The molecule has 1 aromatic carbocycles. The van der Waals surface area contributed by atoms with Gasteiger partial charge in [0.1, 0.15) is 11.3 Å². The normalized spacial score (nSPS) is 11.9. The number of benzene rings is 1. The number of methoxy groups -OCH3 is 1. The minimum Gasteiger partial charge on any atom is -0.496 e. The highest BCUT2D eigenvalue weighted by molar-refractivity contribution is 5.91. The van der Waals surface area contributed by atoms with Crippen LogP contribution in [0.25, 0.3) is 16.5 Å². The third-order valence-corrected chi connectivity index (χ3v) is 3.65. The topological polar surface area (TPSA) is 59.9 Å². The summed E-state index contributed by atoms with van der Waals surface area (Å²) in [4.78, 5) is 11.6. The van der Waals surface area contributed by atoms with Gasteiger partial charge in [-0.05, 0) is 13.0 Å². The summed E-state index contributed by atoms with van der Waals surface area (Å²) in [5.74, 6) is 0.546. The number of rotatable bonds is 2. The van der Waals surface area contributed by atoms with E-state index in [1.165, 1.54) is 17.9 Å². The summed E-state index contributed by atoms with van der Waals surface area (Å²) in [7, 11) is 1.49. The van der Waals surface area contributed by atoms with E-state index >= 15 is 0 Å². The molecule has 0 aliphatic rings. The lowest BCUT2D eigenvalue weighted by atomic mass is 10.1. The second-order valence-corrected chi connectivity index (χ2v) is 4.97. The minimum atomic E-state index is -4.79. The molecule has 2 aromatic heterocycles. The molecule has 5 nitrogen and oxygen atoms in total. The molecular weight excluding hydrogens is 311 g/mol. The van der Waals surface area contributed by atoms with Crippen LogP contribution in [0.1, 0.15) is 11.3 Å². The Bertz CT molecular complexity index is 941. The van der Waals surface area contributed by atoms with Crippen molar-refractivity contribution in [3.05, 3.63) is 52.2 Å². The van der Waals surface area contributed by atoms with Crippen molar-refractivity contribution in [2.75, 3.05) is 7.11 Å². The van der Waals surface area contributed by atoms with E-state index in [-0.39, 0.29) is 5.69 Å². The predicted octanol–water partition coefficient (Wildman–Crippen LogP) is 3.05. The van der Waals surface area contributed by atoms with E-state index in [2.05, 4.69) is 5.10 Å². The Balaban J connectivity index is 2.38. The molecule has 0 aliphatic carbocycles. The zero-order valence-electron chi connectivity index (χ0n) is 12.2. The number of halogens is 3. The van der Waals surface area contributed by atoms with E-state index in [1.807, 2.05) is 5.10 Å². The Labute approximate surface area is 128 Å². The van der Waals surface area contributed by atoms with Gasteiger partial charge in [-0.2, -0.15) is 18.3 Å². The number of nitrogens with zero attached hydrogens (tertiary/aromatic N) is 2. The molecule has 3 aromatic rings. The van der Waals surface area contributed by atoms with Crippen LogP contribution in [0, 0.1) is 6.92 Å². The fourth-order valence-electron chi connectivity index (χ4n) is 2.66. The number of nitrogens with one attached hydrogen (secondary N) is 1. The summed E-state index contributed by atoms with van der Waals surface area (Å²) in [5.41, 5.74) is -2.36. The zero-order valence-corrected chi connectivity index (χ0v) is 12.2. The van der Waals surface area contributed by atoms with E-state index in [4.69, 9.17) is 4.74 Å². The van der Waals surface area contributed by atoms with Crippen molar-refractivity contribution in [1.29, 1.82) is 0 Å². The predicted molar refractivity (Wildman–Crippen MR) is 78.0 cm³/mol. The average molecular weight is 323 g/mol. The number of alkyl halides is 3. The molecule has 0 saturated carbocycles. The first-order valence-corrected chi connectivity index (χ1v) is 6.64. The molecule has 1 N–H and O–H groups in total. The smallest absolute Gasteiger partial charge is 0.423 e. The van der Waals surface area contributed by atoms with Crippen molar-refractivity contribution >= 4 is 10.8 Å². The summed E-state index contributed by atoms with van der Waals surface area (Å²) in [6, 6.07) is 5.22. The van der Waals surface area contributed by atoms with Gasteiger partial charge in [-0.15, -0.1) is 0 Å². The van der Waals surface area contributed by atoms with Crippen LogP contribution >= 0.6 is 0 Å². The highest BCUT2D eigenvalue weighted by Crippen LogP contribution is 2.35. The van der Waals surface area contributed by atoms with Crippen molar-refractivity contribution < 1.29 is 17.9 Å². The third-order valence-electron chi connectivity index (χ3n) is 3.65. The molecule has 23 heavy (non-hydrogen) atoms. The van der Waals surface area contributed by atoms with Gasteiger partial charge in [0, 0.05) is 22.7 Å². The van der Waals surface area contributed by atoms with Gasteiger partial charge in [0.15, 0.2) is 0 Å². The van der Waals surface area contributed by atoms with Crippen molar-refractivity contribution in [3.8, 4) is 11.4 Å². The van der Waals surface area contributed by atoms with Gasteiger partial charge in [0.05, 0.1) is 19.0 Å². The first-order chi connectivity index (χ1) is 10.8. The molecule has 0 amide bonds. The molecule has 8 heteroatoms. The van der Waals surface area contributed by atoms with Crippen LogP contribution in [-0.4, -0.2) is 21.9 Å². The van der Waals surface area contributed by atoms with E-state index in [9.17, 15) is 18.0 Å². The number of fused-ring (bicyclic) bond motifs is 1. The van der Waals surface area contributed by atoms with Gasteiger partial charge in [-0.25, -0.2) is 5.10 Å². The largest absolute Gasteiger partial charge is 0.496 e. The number of hydrogen-bond acceptors (Lipinski definition) is 3. The molecule has 0 unspecified atom stereocenters. The summed E-state index contributed by atoms with van der Waals surface area (Å²) in [6.45, 7) is 1.66. The van der Waals surface area contributed by atoms with Crippen molar-refractivity contribution in [2.45, 2.75) is 13.1 Å². The number of hydrogen-bond donors (Lipinski definition) is 1. The number of ether oxygens (including phenoxy) is 1. The maximum absolute atomic E-state index is 13.2. The fourth-order valence-corrected chi connectivity index (χ4v) is 2.66.